The Bertz CT molecular complexity index is 1110. The first-order chi connectivity index (χ1) is 14.0. The molecule has 1 aromatic heterocycles. The zero-order chi connectivity index (χ0) is 20.4. The maximum atomic E-state index is 12.7. The number of carbonyl (C=O) groups excluding carboxylic acids is 1. The average Bonchev–Trinajstić information content (AvgIpc) is 2.73. The number of amides is 1. The van der Waals surface area contributed by atoms with Gasteiger partial charge in [0.25, 0.3) is 5.56 Å². The molecule has 8 nitrogen and oxygen atoms in total. The summed E-state index contributed by atoms with van der Waals surface area (Å²) >= 11 is 0. The summed E-state index contributed by atoms with van der Waals surface area (Å²) in [6, 6.07) is 12.3. The van der Waals surface area contributed by atoms with Gasteiger partial charge in [-0.25, -0.2) is 4.68 Å². The van der Waals surface area contributed by atoms with Crippen molar-refractivity contribution in [2.75, 3.05) is 13.2 Å². The van der Waals surface area contributed by atoms with Crippen LogP contribution in [-0.2, 0) is 11.3 Å². The molecule has 1 N–H and O–H groups in total. The van der Waals surface area contributed by atoms with Crippen molar-refractivity contribution in [1.82, 2.24) is 20.3 Å². The van der Waals surface area contributed by atoms with Crippen LogP contribution in [-0.4, -0.2) is 34.1 Å². The fraction of sp³-hybridized carbons (Fsp3) is 0.333. The van der Waals surface area contributed by atoms with Crippen LogP contribution in [0.15, 0.2) is 47.3 Å². The average molecular weight is 394 g/mol. The highest BCUT2D eigenvalue weighted by atomic mass is 16.6. The maximum Gasteiger partial charge on any atom is 0.278 e. The van der Waals surface area contributed by atoms with Crippen LogP contribution in [0.1, 0.15) is 25.5 Å². The lowest BCUT2D eigenvalue weighted by molar-refractivity contribution is -0.123. The first-order valence-corrected chi connectivity index (χ1v) is 9.54. The van der Waals surface area contributed by atoms with Crippen LogP contribution in [0.2, 0.25) is 0 Å². The topological polar surface area (TPSA) is 95.3 Å². The number of benzene rings is 2. The van der Waals surface area contributed by atoms with E-state index in [1.165, 1.54) is 0 Å². The first-order valence-electron chi connectivity index (χ1n) is 9.54. The summed E-state index contributed by atoms with van der Waals surface area (Å²) < 4.78 is 12.3. The lowest BCUT2D eigenvalue weighted by Crippen LogP contribution is -2.37. The summed E-state index contributed by atoms with van der Waals surface area (Å²) in [6.45, 7) is 4.86. The second-order valence-electron chi connectivity index (χ2n) is 7.26. The molecule has 1 aliphatic heterocycles. The van der Waals surface area contributed by atoms with Gasteiger partial charge in [0.1, 0.15) is 25.3 Å². The van der Waals surface area contributed by atoms with Crippen molar-refractivity contribution >= 4 is 16.8 Å². The fourth-order valence-electron chi connectivity index (χ4n) is 3.37. The molecule has 1 amide bonds. The molecule has 0 saturated heterocycles. The van der Waals surface area contributed by atoms with Crippen LogP contribution in [0.4, 0.5) is 0 Å². The third-order valence-electron chi connectivity index (χ3n) is 4.83. The Morgan fingerprint density at radius 3 is 2.69 bits per heavy atom. The van der Waals surface area contributed by atoms with E-state index in [0.29, 0.717) is 35.6 Å². The molecule has 0 bridgehead atoms. The SMILES string of the molecule is CC(C)C(NC(=O)Cn1nnc2ccccc2c1=O)c1ccc2c(c1)OCCO2. The van der Waals surface area contributed by atoms with Gasteiger partial charge in [0.15, 0.2) is 11.5 Å². The number of ether oxygens (including phenoxy) is 2. The molecule has 0 spiro atoms. The van der Waals surface area contributed by atoms with Gasteiger partial charge in [-0.3, -0.25) is 9.59 Å². The number of carbonyl (C=O) groups is 1. The minimum absolute atomic E-state index is 0.126. The molecule has 150 valence electrons. The molecule has 0 aliphatic carbocycles. The Balaban J connectivity index is 1.54. The molecular weight excluding hydrogens is 372 g/mol. The van der Waals surface area contributed by atoms with Crippen LogP contribution in [0.3, 0.4) is 0 Å². The number of hydrogen-bond donors (Lipinski definition) is 1. The second-order valence-corrected chi connectivity index (χ2v) is 7.26. The Hall–Kier alpha value is -3.42. The third-order valence-corrected chi connectivity index (χ3v) is 4.83. The van der Waals surface area contributed by atoms with E-state index < -0.39 is 0 Å². The van der Waals surface area contributed by atoms with Gasteiger partial charge in [0, 0.05) is 0 Å². The first kappa shape index (κ1) is 18.9. The Kier molecular flexibility index (Phi) is 5.16. The summed E-state index contributed by atoms with van der Waals surface area (Å²) in [5.74, 6) is 1.18. The lowest BCUT2D eigenvalue weighted by Gasteiger charge is -2.25. The Labute approximate surface area is 167 Å². The van der Waals surface area contributed by atoms with Gasteiger partial charge >= 0.3 is 0 Å². The molecule has 29 heavy (non-hydrogen) atoms. The summed E-state index contributed by atoms with van der Waals surface area (Å²) in [5, 5.41) is 11.3. The summed E-state index contributed by atoms with van der Waals surface area (Å²) in [5.41, 5.74) is 1.08. The van der Waals surface area contributed by atoms with Gasteiger partial charge in [-0.2, -0.15) is 0 Å². The van der Waals surface area contributed by atoms with Gasteiger partial charge in [-0.1, -0.05) is 37.3 Å². The standard InChI is InChI=1S/C21H22N4O4/c1-13(2)20(14-7-8-17-18(11-14)29-10-9-28-17)22-19(26)12-25-21(27)15-5-3-4-6-16(15)23-24-25/h3-8,11,13,20H,9-10,12H2,1-2H3,(H,22,26). The van der Waals surface area contributed by atoms with Crippen LogP contribution in [0, 0.1) is 5.92 Å². The number of nitrogens with one attached hydrogen (secondary N) is 1. The summed E-state index contributed by atoms with van der Waals surface area (Å²) in [4.78, 5) is 25.2. The van der Waals surface area contributed by atoms with Crippen molar-refractivity contribution in [3.8, 4) is 11.5 Å². The van der Waals surface area contributed by atoms with Crippen molar-refractivity contribution in [2.45, 2.75) is 26.4 Å². The van der Waals surface area contributed by atoms with E-state index in [0.717, 1.165) is 10.2 Å². The molecule has 1 unspecified atom stereocenters. The quantitative estimate of drug-likeness (QED) is 0.712. The van der Waals surface area contributed by atoms with Gasteiger partial charge in [-0.05, 0) is 35.7 Å². The molecule has 2 heterocycles. The Morgan fingerprint density at radius 2 is 1.90 bits per heavy atom. The summed E-state index contributed by atoms with van der Waals surface area (Å²) in [6.07, 6.45) is 0. The molecule has 1 aliphatic rings. The van der Waals surface area contributed by atoms with Crippen LogP contribution in [0.25, 0.3) is 10.9 Å². The number of rotatable bonds is 5. The van der Waals surface area contributed by atoms with Gasteiger partial charge in [0.2, 0.25) is 5.91 Å². The zero-order valence-corrected chi connectivity index (χ0v) is 16.3. The molecular formula is C21H22N4O4. The van der Waals surface area contributed by atoms with Crippen LogP contribution < -0.4 is 20.3 Å². The van der Waals surface area contributed by atoms with Crippen molar-refractivity contribution < 1.29 is 14.3 Å². The predicted molar refractivity (Wildman–Crippen MR) is 107 cm³/mol. The smallest absolute Gasteiger partial charge is 0.278 e. The highest BCUT2D eigenvalue weighted by molar-refractivity contribution is 5.78. The minimum atomic E-state index is -0.342. The van der Waals surface area contributed by atoms with E-state index in [1.807, 2.05) is 32.0 Å². The number of aromatic nitrogens is 3. The molecule has 8 heteroatoms. The van der Waals surface area contributed by atoms with E-state index in [2.05, 4.69) is 15.6 Å². The van der Waals surface area contributed by atoms with Crippen LogP contribution >= 0.6 is 0 Å². The molecule has 0 saturated carbocycles. The van der Waals surface area contributed by atoms with E-state index in [9.17, 15) is 9.59 Å². The largest absolute Gasteiger partial charge is 0.486 e. The van der Waals surface area contributed by atoms with Crippen molar-refractivity contribution in [3.63, 3.8) is 0 Å². The van der Waals surface area contributed by atoms with E-state index >= 15 is 0 Å². The minimum Gasteiger partial charge on any atom is -0.486 e. The number of nitrogens with zero attached hydrogens (tertiary/aromatic N) is 3. The number of fused-ring (bicyclic) bond motifs is 2. The van der Waals surface area contributed by atoms with Crippen LogP contribution in [0.5, 0.6) is 11.5 Å². The summed E-state index contributed by atoms with van der Waals surface area (Å²) in [7, 11) is 0. The second kappa shape index (κ2) is 7.90. The monoisotopic (exact) mass is 394 g/mol. The third kappa shape index (κ3) is 3.91. The normalized spacial score (nSPS) is 14.0. The maximum absolute atomic E-state index is 12.7. The fourth-order valence-corrected chi connectivity index (χ4v) is 3.37. The van der Waals surface area contributed by atoms with Gasteiger partial charge in [0.05, 0.1) is 11.4 Å². The lowest BCUT2D eigenvalue weighted by atomic mass is 9.95. The molecule has 0 fully saturated rings. The molecule has 1 atom stereocenters. The highest BCUT2D eigenvalue weighted by Crippen LogP contribution is 2.34. The van der Waals surface area contributed by atoms with Crippen molar-refractivity contribution in [1.29, 1.82) is 0 Å². The highest BCUT2D eigenvalue weighted by Gasteiger charge is 2.22. The van der Waals surface area contributed by atoms with E-state index in [-0.39, 0.29) is 30.0 Å². The predicted octanol–water partition coefficient (Wildman–Crippen LogP) is 2.08. The molecule has 0 radical (unpaired) electrons. The van der Waals surface area contributed by atoms with Gasteiger partial charge < -0.3 is 14.8 Å². The zero-order valence-electron chi connectivity index (χ0n) is 16.3. The van der Waals surface area contributed by atoms with E-state index in [1.54, 1.807) is 24.3 Å². The van der Waals surface area contributed by atoms with Gasteiger partial charge in [-0.15, -0.1) is 5.10 Å². The van der Waals surface area contributed by atoms with Crippen molar-refractivity contribution in [2.24, 2.45) is 5.92 Å². The molecule has 4 rings (SSSR count). The molecule has 3 aromatic rings. The van der Waals surface area contributed by atoms with E-state index in [4.69, 9.17) is 9.47 Å². The molecule has 2 aromatic carbocycles. The van der Waals surface area contributed by atoms with Crippen molar-refractivity contribution in [3.05, 3.63) is 58.4 Å². The number of hydrogen-bond acceptors (Lipinski definition) is 6. The Morgan fingerprint density at radius 1 is 1.14 bits per heavy atom.